The number of pyridine rings is 1. The van der Waals surface area contributed by atoms with Gasteiger partial charge < -0.3 is 0 Å². The molecule has 0 atom stereocenters. The Morgan fingerprint density at radius 2 is 1.86 bits per heavy atom. The van der Waals surface area contributed by atoms with Crippen LogP contribution < -0.4 is 4.72 Å². The molecule has 104 valence electrons. The van der Waals surface area contributed by atoms with Gasteiger partial charge in [-0.3, -0.25) is 9.71 Å². The van der Waals surface area contributed by atoms with E-state index in [1.807, 2.05) is 49.4 Å². The van der Waals surface area contributed by atoms with Gasteiger partial charge >= 0.3 is 0 Å². The molecule has 2 aromatic carbocycles. The molecule has 0 unspecified atom stereocenters. The summed E-state index contributed by atoms with van der Waals surface area (Å²) in [7, 11) is -3.57. The number of nitrogens with zero attached hydrogens (tertiary/aromatic N) is 1. The summed E-state index contributed by atoms with van der Waals surface area (Å²) in [5, 5.41) is 0.912. The molecule has 2 heterocycles. The van der Waals surface area contributed by atoms with Gasteiger partial charge in [0.05, 0.1) is 16.1 Å². The van der Waals surface area contributed by atoms with Gasteiger partial charge in [-0.05, 0) is 18.6 Å². The number of aromatic nitrogens is 1. The largest absolute Gasteiger partial charge is 0.277 e. The van der Waals surface area contributed by atoms with Crippen molar-refractivity contribution in [3.8, 4) is 11.1 Å². The number of aryl methyl sites for hydroxylation is 1. The Labute approximate surface area is 122 Å². The van der Waals surface area contributed by atoms with Crippen LogP contribution in [0.3, 0.4) is 0 Å². The molecule has 1 aliphatic rings. The van der Waals surface area contributed by atoms with Crippen molar-refractivity contribution in [3.05, 3.63) is 54.2 Å². The second-order valence-electron chi connectivity index (χ2n) is 5.12. The Kier molecular flexibility index (Phi) is 2.38. The van der Waals surface area contributed by atoms with Crippen LogP contribution in [-0.4, -0.2) is 13.4 Å². The molecule has 0 aliphatic carbocycles. The lowest BCUT2D eigenvalue weighted by Gasteiger charge is -2.23. The van der Waals surface area contributed by atoms with E-state index in [1.54, 1.807) is 6.20 Å². The van der Waals surface area contributed by atoms with Gasteiger partial charge in [0.2, 0.25) is 0 Å². The lowest BCUT2D eigenvalue weighted by molar-refractivity contribution is 0.600. The van der Waals surface area contributed by atoms with Crippen molar-refractivity contribution in [2.24, 2.45) is 0 Å². The highest BCUT2D eigenvalue weighted by molar-refractivity contribution is 7.93. The van der Waals surface area contributed by atoms with Gasteiger partial charge in [0.25, 0.3) is 10.0 Å². The molecule has 4 rings (SSSR count). The molecule has 0 fully saturated rings. The summed E-state index contributed by atoms with van der Waals surface area (Å²) in [4.78, 5) is 4.68. The highest BCUT2D eigenvalue weighted by Gasteiger charge is 2.30. The van der Waals surface area contributed by atoms with Gasteiger partial charge in [-0.25, -0.2) is 8.42 Å². The third-order valence-corrected chi connectivity index (χ3v) is 5.33. The Morgan fingerprint density at radius 1 is 1.00 bits per heavy atom. The van der Waals surface area contributed by atoms with Gasteiger partial charge in [-0.1, -0.05) is 36.4 Å². The number of rotatable bonds is 0. The minimum atomic E-state index is -3.57. The molecule has 0 radical (unpaired) electrons. The van der Waals surface area contributed by atoms with E-state index in [0.717, 1.165) is 22.1 Å². The number of hydrogen-bond acceptors (Lipinski definition) is 3. The van der Waals surface area contributed by atoms with E-state index >= 15 is 0 Å². The van der Waals surface area contributed by atoms with Crippen LogP contribution in [0.4, 0.5) is 5.69 Å². The molecular weight excluding hydrogens is 284 g/mol. The van der Waals surface area contributed by atoms with E-state index in [4.69, 9.17) is 0 Å². The predicted octanol–water partition coefficient (Wildman–Crippen LogP) is 3.32. The second kappa shape index (κ2) is 4.05. The number of hydrogen-bond donors (Lipinski definition) is 1. The summed E-state index contributed by atoms with van der Waals surface area (Å²) in [6.45, 7) is 1.81. The molecule has 0 saturated heterocycles. The van der Waals surface area contributed by atoms with Crippen LogP contribution in [0.2, 0.25) is 0 Å². The van der Waals surface area contributed by atoms with Crippen molar-refractivity contribution < 1.29 is 8.42 Å². The van der Waals surface area contributed by atoms with Crippen LogP contribution in [0, 0.1) is 6.92 Å². The summed E-state index contributed by atoms with van der Waals surface area (Å²) in [5.41, 5.74) is 3.58. The first kappa shape index (κ1) is 12.3. The van der Waals surface area contributed by atoms with E-state index < -0.39 is 10.0 Å². The number of nitrogens with one attached hydrogen (secondary N) is 1. The fraction of sp³-hybridized carbons (Fsp3) is 0.0625. The van der Waals surface area contributed by atoms with Crippen LogP contribution in [0.1, 0.15) is 5.56 Å². The van der Waals surface area contributed by atoms with E-state index in [0.29, 0.717) is 16.1 Å². The average Bonchev–Trinajstić information content (AvgIpc) is 2.46. The molecule has 0 spiro atoms. The van der Waals surface area contributed by atoms with Crippen LogP contribution >= 0.6 is 0 Å². The molecule has 1 aromatic heterocycles. The predicted molar refractivity (Wildman–Crippen MR) is 82.7 cm³/mol. The summed E-state index contributed by atoms with van der Waals surface area (Å²) >= 11 is 0. The summed E-state index contributed by atoms with van der Waals surface area (Å²) in [6, 6.07) is 13.2. The minimum absolute atomic E-state index is 0.354. The molecule has 5 heteroatoms. The minimum Gasteiger partial charge on any atom is -0.277 e. The maximum atomic E-state index is 12.6. The number of sulfonamides is 1. The van der Waals surface area contributed by atoms with Crippen molar-refractivity contribution in [2.45, 2.75) is 11.8 Å². The molecule has 3 aromatic rings. The molecule has 1 aliphatic heterocycles. The third-order valence-electron chi connectivity index (χ3n) is 3.78. The van der Waals surface area contributed by atoms with E-state index in [9.17, 15) is 8.42 Å². The maximum Gasteiger partial charge on any atom is 0.262 e. The van der Waals surface area contributed by atoms with Crippen molar-refractivity contribution in [3.63, 3.8) is 0 Å². The van der Waals surface area contributed by atoms with E-state index in [2.05, 4.69) is 9.71 Å². The smallest absolute Gasteiger partial charge is 0.262 e. The Morgan fingerprint density at radius 3 is 2.71 bits per heavy atom. The monoisotopic (exact) mass is 296 g/mol. The molecule has 0 bridgehead atoms. The lowest BCUT2D eigenvalue weighted by Crippen LogP contribution is -2.20. The number of benzene rings is 2. The lowest BCUT2D eigenvalue weighted by atomic mass is 9.99. The van der Waals surface area contributed by atoms with Gasteiger partial charge in [0, 0.05) is 22.7 Å². The standard InChI is InChI=1S/C16H12N2O2S/c1-10-4-2-6-13-12-8-7-11-5-3-9-17-14(11)15(12)18-21(19,20)16(10)13/h2-9,18H,1H3. The SMILES string of the molecule is Cc1cccc2c1S(=O)(=O)Nc1c-2ccc2cccnc12. The first-order valence-electron chi connectivity index (χ1n) is 6.58. The zero-order valence-corrected chi connectivity index (χ0v) is 12.1. The average molecular weight is 296 g/mol. The fourth-order valence-corrected chi connectivity index (χ4v) is 4.42. The second-order valence-corrected chi connectivity index (χ2v) is 6.74. The van der Waals surface area contributed by atoms with Gasteiger partial charge in [-0.2, -0.15) is 0 Å². The zero-order valence-electron chi connectivity index (χ0n) is 11.3. The molecule has 21 heavy (non-hydrogen) atoms. The third kappa shape index (κ3) is 1.67. The molecular formula is C16H12N2O2S. The fourth-order valence-electron chi connectivity index (χ4n) is 2.88. The van der Waals surface area contributed by atoms with Gasteiger partial charge in [0.15, 0.2) is 0 Å². The van der Waals surface area contributed by atoms with Crippen molar-refractivity contribution in [2.75, 3.05) is 4.72 Å². The quantitative estimate of drug-likeness (QED) is 0.692. The zero-order chi connectivity index (χ0) is 14.6. The highest BCUT2D eigenvalue weighted by Crippen LogP contribution is 2.43. The van der Waals surface area contributed by atoms with Crippen molar-refractivity contribution in [1.82, 2.24) is 4.98 Å². The first-order valence-corrected chi connectivity index (χ1v) is 8.07. The topological polar surface area (TPSA) is 59.1 Å². The van der Waals surface area contributed by atoms with Crippen LogP contribution in [0.5, 0.6) is 0 Å². The molecule has 1 N–H and O–H groups in total. The summed E-state index contributed by atoms with van der Waals surface area (Å²) in [5.74, 6) is 0. The molecule has 4 nitrogen and oxygen atoms in total. The Hall–Kier alpha value is -2.40. The molecule has 0 saturated carbocycles. The van der Waals surface area contributed by atoms with Crippen LogP contribution in [-0.2, 0) is 10.0 Å². The first-order chi connectivity index (χ1) is 10.1. The van der Waals surface area contributed by atoms with Crippen LogP contribution in [0.15, 0.2) is 53.6 Å². The van der Waals surface area contributed by atoms with Crippen LogP contribution in [0.25, 0.3) is 22.0 Å². The number of fused-ring (bicyclic) bond motifs is 5. The van der Waals surface area contributed by atoms with Gasteiger partial charge in [0.1, 0.15) is 0 Å². The van der Waals surface area contributed by atoms with E-state index in [-0.39, 0.29) is 0 Å². The molecule has 0 amide bonds. The normalized spacial score (nSPS) is 15.1. The Balaban J connectivity index is 2.19. The Bertz CT molecular complexity index is 994. The summed E-state index contributed by atoms with van der Waals surface area (Å²) < 4.78 is 27.8. The maximum absolute atomic E-state index is 12.6. The highest BCUT2D eigenvalue weighted by atomic mass is 32.2. The van der Waals surface area contributed by atoms with Crippen molar-refractivity contribution in [1.29, 1.82) is 0 Å². The van der Waals surface area contributed by atoms with Crippen molar-refractivity contribution >= 4 is 26.6 Å². The van der Waals surface area contributed by atoms with Gasteiger partial charge in [-0.15, -0.1) is 0 Å². The summed E-state index contributed by atoms with van der Waals surface area (Å²) in [6.07, 6.45) is 1.67. The van der Waals surface area contributed by atoms with E-state index in [1.165, 1.54) is 0 Å². The number of anilines is 1.